The Balaban J connectivity index is 0.00000245. The molecule has 8 atom stereocenters. The fourth-order valence-electron chi connectivity index (χ4n) is 7.67. The van der Waals surface area contributed by atoms with E-state index >= 15 is 0 Å². The molecule has 0 spiro atoms. The topological polar surface area (TPSA) is 99.8 Å². The average Bonchev–Trinajstić information content (AvgIpc) is 3.39. The van der Waals surface area contributed by atoms with Gasteiger partial charge in [0.05, 0.1) is 30.8 Å². The maximum Gasteiger partial charge on any atom is 1.00 e. The van der Waals surface area contributed by atoms with Crippen molar-refractivity contribution in [3.05, 3.63) is 47.0 Å². The fourth-order valence-corrected chi connectivity index (χ4v) is 7.67. The van der Waals surface area contributed by atoms with Crippen molar-refractivity contribution in [2.75, 3.05) is 0 Å². The standard InChI is InChI=1S/C25H30O6.Na/c1-12-5-6-18(26)24(3)17(10-19(27)28)25(4)21-13(2)15(14-7-8-30-11-14)9-16(21)31-23(25)22(29)20(12)24;/h5,7-8,11,15-17,20,22-23,29H,6,9-10H2,1-4H3,(H,27,28);/q;+1/p-1/t15-,16+,17?,20-,22-,23-,24+,25-;/m1./s1. The van der Waals surface area contributed by atoms with Crippen LogP contribution in [0, 0.1) is 22.7 Å². The molecule has 1 aliphatic heterocycles. The summed E-state index contributed by atoms with van der Waals surface area (Å²) in [5, 5.41) is 23.5. The molecule has 1 aromatic heterocycles. The summed E-state index contributed by atoms with van der Waals surface area (Å²) in [6.45, 7) is 7.83. The van der Waals surface area contributed by atoms with Crippen LogP contribution in [0.15, 0.2) is 45.8 Å². The Hall–Kier alpha value is -1.18. The monoisotopic (exact) mass is 448 g/mol. The van der Waals surface area contributed by atoms with Crippen molar-refractivity contribution >= 4 is 11.8 Å². The van der Waals surface area contributed by atoms with Crippen LogP contribution in [0.5, 0.6) is 0 Å². The molecule has 3 aliphatic carbocycles. The predicted molar refractivity (Wildman–Crippen MR) is 110 cm³/mol. The van der Waals surface area contributed by atoms with Crippen molar-refractivity contribution < 1.29 is 58.5 Å². The zero-order valence-corrected chi connectivity index (χ0v) is 21.4. The molecule has 0 amide bonds. The van der Waals surface area contributed by atoms with Gasteiger partial charge in [0, 0.05) is 35.1 Å². The number of ketones is 1. The molecule has 2 heterocycles. The van der Waals surface area contributed by atoms with Crippen molar-refractivity contribution in [2.24, 2.45) is 22.7 Å². The Morgan fingerprint density at radius 1 is 1.28 bits per heavy atom. The van der Waals surface area contributed by atoms with Gasteiger partial charge in [0.1, 0.15) is 5.78 Å². The molecule has 0 aromatic carbocycles. The molecule has 1 aromatic rings. The minimum Gasteiger partial charge on any atom is -0.550 e. The number of hydrogen-bond acceptors (Lipinski definition) is 6. The van der Waals surface area contributed by atoms with Crippen LogP contribution in [-0.2, 0) is 14.3 Å². The van der Waals surface area contributed by atoms with Crippen molar-refractivity contribution in [1.29, 1.82) is 0 Å². The van der Waals surface area contributed by atoms with Crippen molar-refractivity contribution in [3.8, 4) is 0 Å². The van der Waals surface area contributed by atoms with E-state index in [0.717, 1.165) is 28.7 Å². The molecule has 1 unspecified atom stereocenters. The van der Waals surface area contributed by atoms with Crippen LogP contribution in [0.2, 0.25) is 0 Å². The Kier molecular flexibility index (Phi) is 5.95. The van der Waals surface area contributed by atoms with Gasteiger partial charge in [-0.25, -0.2) is 0 Å². The summed E-state index contributed by atoms with van der Waals surface area (Å²) in [4.78, 5) is 25.3. The zero-order chi connectivity index (χ0) is 22.3. The van der Waals surface area contributed by atoms with Gasteiger partial charge in [0.15, 0.2) is 0 Å². The predicted octanol–water partition coefficient (Wildman–Crippen LogP) is -0.467. The van der Waals surface area contributed by atoms with Gasteiger partial charge in [-0.1, -0.05) is 31.1 Å². The number of hydrogen-bond donors (Lipinski definition) is 1. The quantitative estimate of drug-likeness (QED) is 0.496. The molecular weight excluding hydrogens is 419 g/mol. The molecule has 4 aliphatic rings. The number of fused-ring (bicyclic) bond motifs is 4. The average molecular weight is 448 g/mol. The van der Waals surface area contributed by atoms with E-state index in [0.29, 0.717) is 0 Å². The molecular formula is C25H29NaO6. The Labute approximate surface area is 210 Å². The molecule has 2 fully saturated rings. The number of furan rings is 1. The molecule has 6 nitrogen and oxygen atoms in total. The van der Waals surface area contributed by atoms with Gasteiger partial charge >= 0.3 is 29.6 Å². The minimum atomic E-state index is -1.17. The number of carboxylic acid groups (broad SMARTS) is 1. The Bertz CT molecular complexity index is 1010. The SMILES string of the molecule is CC1=CCC(=O)[C@]2(C)C(CC(=O)[O-])[C@]3(C)C4=C(C)[C@H](c5ccoc5)C[C@@H]4O[C@@H]3[C@H](O)[C@@H]12.[Na+]. The van der Waals surface area contributed by atoms with Crippen LogP contribution in [0.1, 0.15) is 58.4 Å². The van der Waals surface area contributed by atoms with Gasteiger partial charge in [0.25, 0.3) is 0 Å². The van der Waals surface area contributed by atoms with E-state index < -0.39 is 40.8 Å². The van der Waals surface area contributed by atoms with E-state index in [2.05, 4.69) is 6.92 Å². The van der Waals surface area contributed by atoms with Crippen LogP contribution >= 0.6 is 0 Å². The maximum absolute atomic E-state index is 13.4. The van der Waals surface area contributed by atoms with Crippen molar-refractivity contribution in [1.82, 2.24) is 0 Å². The van der Waals surface area contributed by atoms with Gasteiger partial charge in [-0.05, 0) is 49.8 Å². The van der Waals surface area contributed by atoms with Crippen LogP contribution in [0.25, 0.3) is 0 Å². The zero-order valence-electron chi connectivity index (χ0n) is 19.4. The number of rotatable bonds is 3. The van der Waals surface area contributed by atoms with Gasteiger partial charge in [0.2, 0.25) is 0 Å². The first kappa shape index (κ1) is 24.0. The summed E-state index contributed by atoms with van der Waals surface area (Å²) in [6, 6.07) is 1.94. The fraction of sp³-hybridized carbons (Fsp3) is 0.600. The molecule has 5 rings (SSSR count). The third-order valence-corrected chi connectivity index (χ3v) is 8.96. The second-order valence-corrected chi connectivity index (χ2v) is 10.2. The molecule has 0 bridgehead atoms. The maximum atomic E-state index is 13.4. The molecule has 7 heteroatoms. The van der Waals surface area contributed by atoms with E-state index in [-0.39, 0.29) is 60.2 Å². The van der Waals surface area contributed by atoms with Crippen LogP contribution in [0.3, 0.4) is 0 Å². The number of aliphatic carboxylic acids is 1. The van der Waals surface area contributed by atoms with Crippen LogP contribution in [0.4, 0.5) is 0 Å². The molecule has 0 radical (unpaired) electrons. The first-order valence-electron chi connectivity index (χ1n) is 11.1. The summed E-state index contributed by atoms with van der Waals surface area (Å²) in [5.74, 6) is -2.06. The van der Waals surface area contributed by atoms with Gasteiger partial charge in [-0.3, -0.25) is 4.79 Å². The van der Waals surface area contributed by atoms with Gasteiger partial charge in [-0.15, -0.1) is 0 Å². The molecule has 32 heavy (non-hydrogen) atoms. The number of ether oxygens (including phenoxy) is 1. The number of carboxylic acids is 1. The smallest absolute Gasteiger partial charge is 0.550 e. The second kappa shape index (κ2) is 7.95. The van der Waals surface area contributed by atoms with Gasteiger partial charge in [-0.2, -0.15) is 0 Å². The summed E-state index contributed by atoms with van der Waals surface area (Å²) in [6.07, 6.45) is 4.34. The Morgan fingerprint density at radius 3 is 2.62 bits per heavy atom. The summed E-state index contributed by atoms with van der Waals surface area (Å²) in [5.41, 5.74) is 2.40. The van der Waals surface area contributed by atoms with E-state index in [1.165, 1.54) is 0 Å². The number of carbonyl (C=O) groups is 2. The second-order valence-electron chi connectivity index (χ2n) is 10.2. The normalized spacial score (nSPS) is 42.7. The minimum absolute atomic E-state index is 0. The number of carbonyl (C=O) groups excluding carboxylic acids is 2. The summed E-state index contributed by atoms with van der Waals surface area (Å²) >= 11 is 0. The largest absolute Gasteiger partial charge is 1.00 e. The van der Waals surface area contributed by atoms with E-state index in [1.807, 2.05) is 32.9 Å². The van der Waals surface area contributed by atoms with Gasteiger partial charge < -0.3 is 24.2 Å². The number of aliphatic hydroxyl groups is 1. The molecule has 1 saturated heterocycles. The third-order valence-electron chi connectivity index (χ3n) is 8.96. The Morgan fingerprint density at radius 2 is 2.00 bits per heavy atom. The van der Waals surface area contributed by atoms with Crippen molar-refractivity contribution in [2.45, 2.75) is 71.2 Å². The number of allylic oxidation sites excluding steroid dienone is 2. The van der Waals surface area contributed by atoms with E-state index in [1.54, 1.807) is 12.5 Å². The summed E-state index contributed by atoms with van der Waals surface area (Å²) in [7, 11) is 0. The van der Waals surface area contributed by atoms with E-state index in [4.69, 9.17) is 9.15 Å². The first-order valence-corrected chi connectivity index (χ1v) is 11.1. The van der Waals surface area contributed by atoms with Crippen LogP contribution in [-0.4, -0.2) is 35.2 Å². The molecule has 166 valence electrons. The summed E-state index contributed by atoms with van der Waals surface area (Å²) < 4.78 is 11.8. The number of aliphatic hydroxyl groups excluding tert-OH is 1. The van der Waals surface area contributed by atoms with Crippen molar-refractivity contribution in [3.63, 3.8) is 0 Å². The number of Topliss-reactive ketones (excluding diaryl/α,β-unsaturated/α-hetero) is 1. The van der Waals surface area contributed by atoms with Crippen LogP contribution < -0.4 is 34.7 Å². The first-order chi connectivity index (χ1) is 14.6. The third kappa shape index (κ3) is 2.96. The van der Waals surface area contributed by atoms with E-state index in [9.17, 15) is 19.8 Å². The molecule has 1 saturated carbocycles. The molecule has 1 N–H and O–H groups in total.